The average molecular weight is 463 g/mol. The molecule has 7 heteroatoms. The Kier molecular flexibility index (Phi) is 6.60. The minimum absolute atomic E-state index is 0.0635. The molecule has 4 rings (SSSR count). The van der Waals surface area contributed by atoms with Crippen molar-refractivity contribution >= 4 is 23.0 Å². The van der Waals surface area contributed by atoms with Gasteiger partial charge >= 0.3 is 0 Å². The third-order valence-electron chi connectivity index (χ3n) is 5.78. The van der Waals surface area contributed by atoms with Gasteiger partial charge in [-0.1, -0.05) is 62.2 Å². The third kappa shape index (κ3) is 4.41. The van der Waals surface area contributed by atoms with Crippen LogP contribution in [0.4, 0.5) is 0 Å². The number of hydrogen-bond donors (Lipinski definition) is 2. The number of hydrogen-bond acceptors (Lipinski definition) is 6. The third-order valence-corrected chi connectivity index (χ3v) is 6.99. The quantitative estimate of drug-likeness (QED) is 0.336. The van der Waals surface area contributed by atoms with Gasteiger partial charge in [-0.15, -0.1) is 11.3 Å². The van der Waals surface area contributed by atoms with Crippen LogP contribution in [-0.4, -0.2) is 38.3 Å². The van der Waals surface area contributed by atoms with E-state index in [0.717, 1.165) is 24.8 Å². The van der Waals surface area contributed by atoms with Crippen molar-refractivity contribution in [1.29, 1.82) is 0 Å². The van der Waals surface area contributed by atoms with Crippen molar-refractivity contribution in [3.8, 4) is 16.3 Å². The lowest BCUT2D eigenvalue weighted by Crippen LogP contribution is -2.32. The zero-order chi connectivity index (χ0) is 23.5. The van der Waals surface area contributed by atoms with E-state index in [1.54, 1.807) is 24.0 Å². The molecule has 3 aromatic rings. The first-order valence-corrected chi connectivity index (χ1v) is 11.8. The second-order valence-corrected chi connectivity index (χ2v) is 9.09. The molecule has 6 nitrogen and oxygen atoms in total. The van der Waals surface area contributed by atoms with Crippen LogP contribution in [0, 0.1) is 6.92 Å². The molecule has 1 aromatic heterocycles. The van der Waals surface area contributed by atoms with Crippen molar-refractivity contribution in [2.24, 2.45) is 0 Å². The van der Waals surface area contributed by atoms with Gasteiger partial charge in [0.1, 0.15) is 10.8 Å². The van der Waals surface area contributed by atoms with Crippen LogP contribution in [0.5, 0.6) is 5.75 Å². The number of aliphatic hydroxyl groups excluding tert-OH is 1. The standard InChI is InChI=1S/C26H26N2O4S/c1-3-4-8-15-28-21(17-11-13-19(29)14-12-17)20(23(31)26(28)32)22(30)24-16(2)27-25(33-24)18-9-6-5-7-10-18/h5-7,9-14,21,29,31H,3-4,8,15H2,1-2H3. The zero-order valence-electron chi connectivity index (χ0n) is 18.6. The van der Waals surface area contributed by atoms with Crippen LogP contribution < -0.4 is 0 Å². The summed E-state index contributed by atoms with van der Waals surface area (Å²) in [5, 5.41) is 21.3. The molecule has 33 heavy (non-hydrogen) atoms. The van der Waals surface area contributed by atoms with E-state index in [0.29, 0.717) is 27.7 Å². The minimum Gasteiger partial charge on any atom is -0.508 e. The van der Waals surface area contributed by atoms with E-state index < -0.39 is 23.5 Å². The van der Waals surface area contributed by atoms with Gasteiger partial charge in [0.05, 0.1) is 22.2 Å². The Labute approximate surface area is 196 Å². The Morgan fingerprint density at radius 2 is 1.76 bits per heavy atom. The average Bonchev–Trinajstić information content (AvgIpc) is 3.33. The highest BCUT2D eigenvalue weighted by Gasteiger charge is 2.44. The second kappa shape index (κ2) is 9.58. The number of aromatic hydroxyl groups is 1. The molecule has 0 saturated heterocycles. The number of phenolic OH excluding ortho intramolecular Hbond substituents is 1. The summed E-state index contributed by atoms with van der Waals surface area (Å²) >= 11 is 1.26. The number of thiazole rings is 1. The van der Waals surface area contributed by atoms with Gasteiger partial charge in [-0.25, -0.2) is 4.98 Å². The van der Waals surface area contributed by atoms with Crippen LogP contribution in [0.2, 0.25) is 0 Å². The lowest BCUT2D eigenvalue weighted by atomic mass is 9.95. The monoisotopic (exact) mass is 462 g/mol. The summed E-state index contributed by atoms with van der Waals surface area (Å²) in [6.45, 7) is 4.26. The Morgan fingerprint density at radius 3 is 2.42 bits per heavy atom. The minimum atomic E-state index is -0.718. The fourth-order valence-electron chi connectivity index (χ4n) is 4.09. The normalized spacial score (nSPS) is 16.0. The van der Waals surface area contributed by atoms with Crippen molar-refractivity contribution < 1.29 is 19.8 Å². The number of Topliss-reactive ketones (excluding diaryl/α,β-unsaturated/α-hetero) is 1. The lowest BCUT2D eigenvalue weighted by Gasteiger charge is -2.26. The number of benzene rings is 2. The van der Waals surface area contributed by atoms with Crippen molar-refractivity contribution in [1.82, 2.24) is 9.88 Å². The number of unbranched alkanes of at least 4 members (excludes halogenated alkanes) is 2. The van der Waals surface area contributed by atoms with Crippen molar-refractivity contribution in [3.05, 3.63) is 82.1 Å². The van der Waals surface area contributed by atoms with Gasteiger partial charge in [-0.05, 0) is 31.0 Å². The Bertz CT molecular complexity index is 1200. The highest BCUT2D eigenvalue weighted by Crippen LogP contribution is 2.41. The van der Waals surface area contributed by atoms with Crippen LogP contribution in [0.15, 0.2) is 65.9 Å². The van der Waals surface area contributed by atoms with E-state index in [9.17, 15) is 19.8 Å². The number of aromatic nitrogens is 1. The molecule has 0 spiro atoms. The number of ketones is 1. The second-order valence-electron chi connectivity index (χ2n) is 8.09. The maximum Gasteiger partial charge on any atom is 0.290 e. The van der Waals surface area contributed by atoms with Gasteiger partial charge in [0, 0.05) is 12.1 Å². The van der Waals surface area contributed by atoms with Gasteiger partial charge in [-0.3, -0.25) is 9.59 Å². The largest absolute Gasteiger partial charge is 0.508 e. The number of carbonyl (C=O) groups excluding carboxylic acids is 2. The summed E-state index contributed by atoms with van der Waals surface area (Å²) in [4.78, 5) is 33.3. The van der Waals surface area contributed by atoms with Crippen molar-refractivity contribution in [2.45, 2.75) is 39.2 Å². The van der Waals surface area contributed by atoms with E-state index in [2.05, 4.69) is 11.9 Å². The Hall–Kier alpha value is -3.45. The molecule has 1 atom stereocenters. The molecule has 1 unspecified atom stereocenters. The summed E-state index contributed by atoms with van der Waals surface area (Å²) in [6, 6.07) is 15.3. The first-order valence-electron chi connectivity index (χ1n) is 11.0. The number of amides is 1. The SMILES string of the molecule is CCCCCN1C(=O)C(O)=C(C(=O)c2sc(-c3ccccc3)nc2C)C1c1ccc(O)cc1. The number of rotatable bonds is 8. The molecule has 1 aliphatic heterocycles. The van der Waals surface area contributed by atoms with E-state index in [1.165, 1.54) is 23.5 Å². The maximum absolute atomic E-state index is 13.7. The van der Waals surface area contributed by atoms with E-state index in [4.69, 9.17) is 0 Å². The topological polar surface area (TPSA) is 90.7 Å². The molecule has 0 bridgehead atoms. The number of carbonyl (C=O) groups is 2. The lowest BCUT2D eigenvalue weighted by molar-refractivity contribution is -0.129. The van der Waals surface area contributed by atoms with Gasteiger partial charge in [0.25, 0.3) is 5.91 Å². The summed E-state index contributed by atoms with van der Waals surface area (Å²) in [7, 11) is 0. The van der Waals surface area contributed by atoms with Crippen LogP contribution in [-0.2, 0) is 4.79 Å². The molecule has 0 radical (unpaired) electrons. The fraction of sp³-hybridized carbons (Fsp3) is 0.269. The molecule has 2 heterocycles. The molecule has 170 valence electrons. The van der Waals surface area contributed by atoms with Gasteiger partial charge < -0.3 is 15.1 Å². The van der Waals surface area contributed by atoms with Crippen LogP contribution in [0.3, 0.4) is 0 Å². The van der Waals surface area contributed by atoms with Crippen LogP contribution in [0.25, 0.3) is 10.6 Å². The molecule has 2 N–H and O–H groups in total. The zero-order valence-corrected chi connectivity index (χ0v) is 19.4. The maximum atomic E-state index is 13.7. The molecule has 0 fully saturated rings. The molecule has 0 saturated carbocycles. The summed E-state index contributed by atoms with van der Waals surface area (Å²) in [5.41, 5.74) is 2.19. The summed E-state index contributed by atoms with van der Waals surface area (Å²) < 4.78 is 0. The number of aliphatic hydroxyl groups is 1. The summed E-state index contributed by atoms with van der Waals surface area (Å²) in [5.74, 6) is -1.36. The van der Waals surface area contributed by atoms with Gasteiger partial charge in [-0.2, -0.15) is 0 Å². The first-order chi connectivity index (χ1) is 15.9. The number of phenols is 1. The van der Waals surface area contributed by atoms with Crippen molar-refractivity contribution in [3.63, 3.8) is 0 Å². The Balaban J connectivity index is 1.75. The number of aryl methyl sites for hydroxylation is 1. The Morgan fingerprint density at radius 1 is 1.06 bits per heavy atom. The van der Waals surface area contributed by atoms with Gasteiger partial charge in [0.2, 0.25) is 5.78 Å². The van der Waals surface area contributed by atoms with E-state index in [-0.39, 0.29) is 11.3 Å². The number of nitrogens with zero attached hydrogens (tertiary/aromatic N) is 2. The van der Waals surface area contributed by atoms with E-state index >= 15 is 0 Å². The molecular formula is C26H26N2O4S. The van der Waals surface area contributed by atoms with Crippen molar-refractivity contribution in [2.75, 3.05) is 6.54 Å². The molecule has 1 amide bonds. The van der Waals surface area contributed by atoms with E-state index in [1.807, 2.05) is 30.3 Å². The smallest absolute Gasteiger partial charge is 0.290 e. The van der Waals surface area contributed by atoms with Crippen LogP contribution >= 0.6 is 11.3 Å². The summed E-state index contributed by atoms with van der Waals surface area (Å²) in [6.07, 6.45) is 2.69. The molecule has 0 aliphatic carbocycles. The molecule has 1 aliphatic rings. The highest BCUT2D eigenvalue weighted by molar-refractivity contribution is 7.17. The first kappa shape index (κ1) is 22.7. The molecule has 2 aromatic carbocycles. The predicted molar refractivity (Wildman–Crippen MR) is 128 cm³/mol. The van der Waals surface area contributed by atoms with Crippen LogP contribution in [0.1, 0.15) is 53.2 Å². The fourth-order valence-corrected chi connectivity index (χ4v) is 5.11. The van der Waals surface area contributed by atoms with Gasteiger partial charge in [0.15, 0.2) is 5.76 Å². The molecular weight excluding hydrogens is 436 g/mol. The highest BCUT2D eigenvalue weighted by atomic mass is 32.1. The predicted octanol–water partition coefficient (Wildman–Crippen LogP) is 5.59.